The number of para-hydroxylation sites is 1. The van der Waals surface area contributed by atoms with Crippen LogP contribution in [0.1, 0.15) is 29.7 Å². The molecule has 2 aromatic heterocycles. The van der Waals surface area contributed by atoms with Crippen LogP contribution >= 0.6 is 23.4 Å². The van der Waals surface area contributed by atoms with Gasteiger partial charge >= 0.3 is 0 Å². The van der Waals surface area contributed by atoms with E-state index in [1.807, 2.05) is 91.5 Å². The highest BCUT2D eigenvalue weighted by Gasteiger charge is 2.35. The molecule has 5 aromatic rings. The molecule has 1 unspecified atom stereocenters. The van der Waals surface area contributed by atoms with Gasteiger partial charge in [-0.1, -0.05) is 71.9 Å². The molecule has 0 radical (unpaired) electrons. The molecule has 0 aliphatic carbocycles. The van der Waals surface area contributed by atoms with E-state index in [1.54, 1.807) is 0 Å². The maximum atomic E-state index is 13.8. The molecule has 3 N–H and O–H groups in total. The minimum atomic E-state index is -0.477. The summed E-state index contributed by atoms with van der Waals surface area (Å²) in [7, 11) is 0. The number of aryl methyl sites for hydroxylation is 1. The number of allylic oxidation sites excluding steroid dienone is 1. The van der Waals surface area contributed by atoms with Crippen molar-refractivity contribution < 1.29 is 4.79 Å². The van der Waals surface area contributed by atoms with E-state index >= 15 is 0 Å². The first-order valence-electron chi connectivity index (χ1n) is 12.2. The topological polar surface area (TPSA) is 87.6 Å². The van der Waals surface area contributed by atoms with E-state index in [9.17, 15) is 4.79 Å². The molecule has 6 rings (SSSR count). The van der Waals surface area contributed by atoms with Crippen molar-refractivity contribution in [3.05, 3.63) is 112 Å². The van der Waals surface area contributed by atoms with Crippen LogP contribution in [-0.4, -0.2) is 25.7 Å². The number of hydrogen-bond acceptors (Lipinski definition) is 5. The van der Waals surface area contributed by atoms with Crippen LogP contribution in [-0.2, 0) is 10.5 Å². The zero-order chi connectivity index (χ0) is 26.2. The van der Waals surface area contributed by atoms with Crippen molar-refractivity contribution in [1.82, 2.24) is 19.7 Å². The number of nitrogens with one attached hydrogen (secondary N) is 3. The Morgan fingerprint density at radius 3 is 2.74 bits per heavy atom. The number of anilines is 2. The Balaban J connectivity index is 1.40. The molecule has 0 saturated heterocycles. The van der Waals surface area contributed by atoms with Gasteiger partial charge in [-0.25, -0.2) is 4.68 Å². The molecule has 1 atom stereocenters. The number of carbonyl (C=O) groups is 1. The minimum Gasteiger partial charge on any atom is -0.361 e. The van der Waals surface area contributed by atoms with Crippen LogP contribution in [0.4, 0.5) is 11.6 Å². The maximum Gasteiger partial charge on any atom is 0.255 e. The Kier molecular flexibility index (Phi) is 6.43. The van der Waals surface area contributed by atoms with Crippen LogP contribution < -0.4 is 10.6 Å². The number of benzene rings is 3. The van der Waals surface area contributed by atoms with Gasteiger partial charge in [0.25, 0.3) is 5.91 Å². The van der Waals surface area contributed by atoms with Crippen LogP contribution in [0.5, 0.6) is 0 Å². The minimum absolute atomic E-state index is 0.192. The maximum absolute atomic E-state index is 13.8. The van der Waals surface area contributed by atoms with Gasteiger partial charge in [-0.3, -0.25) is 4.79 Å². The zero-order valence-corrected chi connectivity index (χ0v) is 22.4. The predicted octanol–water partition coefficient (Wildman–Crippen LogP) is 6.94. The van der Waals surface area contributed by atoms with Crippen molar-refractivity contribution in [3.8, 4) is 0 Å². The number of H-pyrrole nitrogens is 1. The van der Waals surface area contributed by atoms with E-state index in [-0.39, 0.29) is 5.91 Å². The fraction of sp³-hybridized carbons (Fsp3) is 0.138. The van der Waals surface area contributed by atoms with Crippen molar-refractivity contribution in [1.29, 1.82) is 0 Å². The molecular formula is C29H25ClN6OS. The molecule has 0 saturated carbocycles. The van der Waals surface area contributed by atoms with Gasteiger partial charge in [0.15, 0.2) is 0 Å². The van der Waals surface area contributed by atoms with E-state index in [2.05, 4.69) is 21.7 Å². The normalized spacial score (nSPS) is 14.9. The summed E-state index contributed by atoms with van der Waals surface area (Å²) in [6, 6.07) is 23.1. The van der Waals surface area contributed by atoms with Gasteiger partial charge < -0.3 is 15.6 Å². The number of amides is 1. The van der Waals surface area contributed by atoms with Gasteiger partial charge in [0.05, 0.1) is 5.57 Å². The molecule has 1 aliphatic heterocycles. The number of aromatic nitrogens is 4. The van der Waals surface area contributed by atoms with Crippen LogP contribution in [0.3, 0.4) is 0 Å². The van der Waals surface area contributed by atoms with E-state index in [4.69, 9.17) is 21.7 Å². The van der Waals surface area contributed by atoms with Crippen molar-refractivity contribution in [3.63, 3.8) is 0 Å². The third kappa shape index (κ3) is 4.57. The summed E-state index contributed by atoms with van der Waals surface area (Å²) in [6.07, 6.45) is 1.95. The Morgan fingerprint density at radius 2 is 1.89 bits per heavy atom. The number of fused-ring (bicyclic) bond motifs is 2. The molecule has 3 aromatic carbocycles. The van der Waals surface area contributed by atoms with E-state index in [0.29, 0.717) is 27.5 Å². The number of rotatable bonds is 6. The van der Waals surface area contributed by atoms with Crippen molar-refractivity contribution in [2.75, 3.05) is 10.6 Å². The summed E-state index contributed by atoms with van der Waals surface area (Å²) in [5.74, 6) is 1.03. The van der Waals surface area contributed by atoms with E-state index < -0.39 is 6.04 Å². The summed E-state index contributed by atoms with van der Waals surface area (Å²) in [6.45, 7) is 3.91. The second kappa shape index (κ2) is 10.0. The van der Waals surface area contributed by atoms with Gasteiger partial charge in [-0.15, -0.1) is 5.10 Å². The molecule has 0 spiro atoms. The molecule has 9 heteroatoms. The zero-order valence-electron chi connectivity index (χ0n) is 20.8. The summed E-state index contributed by atoms with van der Waals surface area (Å²) < 4.78 is 1.81. The quantitative estimate of drug-likeness (QED) is 0.203. The molecular weight excluding hydrogens is 516 g/mol. The molecule has 7 nitrogen and oxygen atoms in total. The Bertz CT molecular complexity index is 1700. The van der Waals surface area contributed by atoms with Crippen LogP contribution in [0.25, 0.3) is 10.9 Å². The molecule has 1 aliphatic rings. The monoisotopic (exact) mass is 540 g/mol. The van der Waals surface area contributed by atoms with Gasteiger partial charge in [-0.2, -0.15) is 4.98 Å². The first-order valence-corrected chi connectivity index (χ1v) is 13.6. The lowest BCUT2D eigenvalue weighted by molar-refractivity contribution is -0.113. The SMILES string of the molecule is CC1=C(C(=O)Nc2cccc(C)c2)C(c2c[nH]c3ccccc23)n2nc(SCc3ccccc3Cl)nc2N1. The number of halogens is 1. The first-order chi connectivity index (χ1) is 18.5. The highest BCUT2D eigenvalue weighted by molar-refractivity contribution is 7.98. The molecule has 0 fully saturated rings. The Labute approximate surface area is 229 Å². The van der Waals surface area contributed by atoms with Crippen molar-refractivity contribution >= 4 is 51.8 Å². The van der Waals surface area contributed by atoms with Gasteiger partial charge in [0.2, 0.25) is 11.1 Å². The average Bonchev–Trinajstić information content (AvgIpc) is 3.51. The third-order valence-corrected chi connectivity index (χ3v) is 7.84. The van der Waals surface area contributed by atoms with Crippen molar-refractivity contribution in [2.45, 2.75) is 30.8 Å². The summed E-state index contributed by atoms with van der Waals surface area (Å²) in [5, 5.41) is 13.6. The molecule has 0 bridgehead atoms. The molecule has 3 heterocycles. The number of aromatic amines is 1. The highest BCUT2D eigenvalue weighted by atomic mass is 35.5. The molecule has 1 amide bonds. The third-order valence-electron chi connectivity index (χ3n) is 6.58. The second-order valence-corrected chi connectivity index (χ2v) is 10.6. The van der Waals surface area contributed by atoms with Crippen LogP contribution in [0, 0.1) is 6.92 Å². The van der Waals surface area contributed by atoms with E-state index in [0.717, 1.165) is 39.0 Å². The standard InChI is InChI=1S/C29H25ClN6OS/c1-17-8-7-10-20(14-17)33-27(37)25-18(2)32-28-34-29(38-16-19-9-3-5-12-23(19)30)35-36(28)26(25)22-15-31-24-13-6-4-11-21(22)24/h3-15,26,31H,16H2,1-2H3,(H,33,37)(H,32,34,35). The Morgan fingerprint density at radius 1 is 1.08 bits per heavy atom. The fourth-order valence-electron chi connectivity index (χ4n) is 4.77. The van der Waals surface area contributed by atoms with Crippen LogP contribution in [0.15, 0.2) is 95.4 Å². The number of thioether (sulfide) groups is 1. The smallest absolute Gasteiger partial charge is 0.255 e. The van der Waals surface area contributed by atoms with E-state index in [1.165, 1.54) is 11.8 Å². The fourth-order valence-corrected chi connectivity index (χ4v) is 5.89. The first kappa shape index (κ1) is 24.3. The van der Waals surface area contributed by atoms with Crippen molar-refractivity contribution in [2.24, 2.45) is 0 Å². The summed E-state index contributed by atoms with van der Waals surface area (Å²) in [5.41, 5.74) is 6.08. The second-order valence-electron chi connectivity index (χ2n) is 9.22. The van der Waals surface area contributed by atoms with Gasteiger partial charge in [0.1, 0.15) is 6.04 Å². The predicted molar refractivity (Wildman–Crippen MR) is 154 cm³/mol. The van der Waals surface area contributed by atoms with Crippen LogP contribution in [0.2, 0.25) is 5.02 Å². The lowest BCUT2D eigenvalue weighted by Gasteiger charge is -2.28. The lowest BCUT2D eigenvalue weighted by Crippen LogP contribution is -2.31. The number of carbonyl (C=O) groups excluding carboxylic acids is 1. The van der Waals surface area contributed by atoms with Gasteiger partial charge in [-0.05, 0) is 49.2 Å². The summed E-state index contributed by atoms with van der Waals surface area (Å²) >= 11 is 7.87. The number of nitrogens with zero attached hydrogens (tertiary/aromatic N) is 3. The Hall–Kier alpha value is -4.01. The molecule has 190 valence electrons. The summed E-state index contributed by atoms with van der Waals surface area (Å²) in [4.78, 5) is 21.9. The lowest BCUT2D eigenvalue weighted by atomic mass is 9.94. The average molecular weight is 541 g/mol. The highest BCUT2D eigenvalue weighted by Crippen LogP contribution is 2.39. The largest absolute Gasteiger partial charge is 0.361 e. The van der Waals surface area contributed by atoms with Gasteiger partial charge in [0, 0.05) is 44.8 Å². The number of hydrogen-bond donors (Lipinski definition) is 3. The molecule has 38 heavy (non-hydrogen) atoms.